The highest BCUT2D eigenvalue weighted by Crippen LogP contribution is 2.25. The lowest BCUT2D eigenvalue weighted by molar-refractivity contribution is 0.0733. The molecule has 4 heterocycles. The summed E-state index contributed by atoms with van der Waals surface area (Å²) >= 11 is 6.24. The van der Waals surface area contributed by atoms with Crippen molar-refractivity contribution >= 4 is 23.2 Å². The van der Waals surface area contributed by atoms with Crippen LogP contribution < -0.4 is 0 Å². The molecule has 0 aromatic carbocycles. The van der Waals surface area contributed by atoms with Crippen molar-refractivity contribution < 1.29 is 9.90 Å². The summed E-state index contributed by atoms with van der Waals surface area (Å²) in [5.41, 5.74) is 2.16. The molecule has 0 unspecified atom stereocenters. The number of fused-ring (bicyclic) bond motifs is 1. The molecule has 1 atom stereocenters. The molecule has 2 fully saturated rings. The van der Waals surface area contributed by atoms with E-state index >= 15 is 0 Å². The van der Waals surface area contributed by atoms with E-state index in [1.807, 2.05) is 27.6 Å². The smallest absolute Gasteiger partial charge is 0.274 e. The Morgan fingerprint density at radius 2 is 1.86 bits per heavy atom. The number of nitrogens with zero attached hydrogens (tertiary/aromatic N) is 4. The van der Waals surface area contributed by atoms with Gasteiger partial charge in [0.25, 0.3) is 5.91 Å². The molecular weight excluding hydrogens is 376 g/mol. The van der Waals surface area contributed by atoms with Gasteiger partial charge in [-0.1, -0.05) is 30.9 Å². The highest BCUT2D eigenvalue weighted by atomic mass is 35.5. The van der Waals surface area contributed by atoms with Crippen LogP contribution in [0.2, 0.25) is 5.02 Å². The SMILES string of the molecule is O=C(c1nc2ccc(Cl)cn2c1CN1CCC[C@H]1CO)N1CCCCCCC1. The third-order valence-electron chi connectivity index (χ3n) is 6.09. The molecule has 28 heavy (non-hydrogen) atoms. The van der Waals surface area contributed by atoms with Crippen LogP contribution in [0.1, 0.15) is 61.1 Å². The molecule has 2 aromatic rings. The summed E-state index contributed by atoms with van der Waals surface area (Å²) in [5, 5.41) is 10.3. The number of halogens is 1. The molecule has 1 amide bonds. The lowest BCUT2D eigenvalue weighted by Gasteiger charge is -2.26. The molecule has 0 bridgehead atoms. The van der Waals surface area contributed by atoms with Crippen LogP contribution >= 0.6 is 11.6 Å². The van der Waals surface area contributed by atoms with Crippen molar-refractivity contribution in [2.75, 3.05) is 26.2 Å². The van der Waals surface area contributed by atoms with Crippen molar-refractivity contribution in [3.8, 4) is 0 Å². The Kier molecular flexibility index (Phi) is 6.19. The van der Waals surface area contributed by atoms with Crippen molar-refractivity contribution in [3.63, 3.8) is 0 Å². The lowest BCUT2D eigenvalue weighted by atomic mass is 10.1. The van der Waals surface area contributed by atoms with Crippen LogP contribution in [0.25, 0.3) is 5.65 Å². The number of imidazole rings is 1. The number of hydrogen-bond donors (Lipinski definition) is 1. The molecule has 0 saturated carbocycles. The van der Waals surface area contributed by atoms with E-state index < -0.39 is 0 Å². The minimum Gasteiger partial charge on any atom is -0.395 e. The molecule has 2 saturated heterocycles. The fourth-order valence-electron chi connectivity index (χ4n) is 4.49. The van der Waals surface area contributed by atoms with Gasteiger partial charge >= 0.3 is 0 Å². The van der Waals surface area contributed by atoms with Crippen LogP contribution in [-0.2, 0) is 6.54 Å². The molecule has 0 aliphatic carbocycles. The van der Waals surface area contributed by atoms with E-state index in [2.05, 4.69) is 4.90 Å². The monoisotopic (exact) mass is 404 g/mol. The fourth-order valence-corrected chi connectivity index (χ4v) is 4.65. The van der Waals surface area contributed by atoms with E-state index in [9.17, 15) is 9.90 Å². The van der Waals surface area contributed by atoms with E-state index in [0.717, 1.165) is 56.7 Å². The average molecular weight is 405 g/mol. The Morgan fingerprint density at radius 3 is 2.61 bits per heavy atom. The fraction of sp³-hybridized carbons (Fsp3) is 0.619. The summed E-state index contributed by atoms with van der Waals surface area (Å²) in [4.78, 5) is 22.3. The Morgan fingerprint density at radius 1 is 1.11 bits per heavy atom. The van der Waals surface area contributed by atoms with Gasteiger partial charge in [-0.05, 0) is 44.4 Å². The number of aromatic nitrogens is 2. The number of rotatable bonds is 4. The van der Waals surface area contributed by atoms with E-state index in [1.165, 1.54) is 19.3 Å². The van der Waals surface area contributed by atoms with E-state index in [4.69, 9.17) is 16.6 Å². The first-order valence-corrected chi connectivity index (χ1v) is 10.9. The number of aliphatic hydroxyl groups is 1. The highest BCUT2D eigenvalue weighted by Gasteiger charge is 2.29. The molecular formula is C21H29ClN4O2. The van der Waals surface area contributed by atoms with Gasteiger partial charge in [0.05, 0.1) is 17.3 Å². The van der Waals surface area contributed by atoms with Crippen LogP contribution in [0.3, 0.4) is 0 Å². The normalized spacial score (nSPS) is 21.8. The third-order valence-corrected chi connectivity index (χ3v) is 6.31. The predicted molar refractivity (Wildman–Crippen MR) is 110 cm³/mol. The minimum absolute atomic E-state index is 0.0245. The molecule has 2 aliphatic rings. The van der Waals surface area contributed by atoms with Gasteiger partial charge in [0.2, 0.25) is 0 Å². The molecule has 1 N–H and O–H groups in total. The van der Waals surface area contributed by atoms with Gasteiger partial charge < -0.3 is 14.4 Å². The standard InChI is InChI=1S/C21H29ClN4O2/c22-16-8-9-19-23-20(21(28)24-10-4-2-1-3-5-11-24)18(26(19)13-16)14-25-12-6-7-17(25)15-27/h8-9,13,17,27H,1-7,10-12,14-15H2/t17-/m0/s1. The zero-order valence-corrected chi connectivity index (χ0v) is 17.1. The van der Waals surface area contributed by atoms with E-state index in [-0.39, 0.29) is 18.6 Å². The average Bonchev–Trinajstić information content (AvgIpc) is 3.26. The van der Waals surface area contributed by atoms with Gasteiger partial charge in [0.15, 0.2) is 5.69 Å². The van der Waals surface area contributed by atoms with Crippen LogP contribution in [0.15, 0.2) is 18.3 Å². The summed E-state index contributed by atoms with van der Waals surface area (Å²) in [6.45, 7) is 3.27. The molecule has 2 aromatic heterocycles. The van der Waals surface area contributed by atoms with Crippen molar-refractivity contribution in [2.45, 2.75) is 57.5 Å². The van der Waals surface area contributed by atoms with Crippen molar-refractivity contribution in [3.05, 3.63) is 34.7 Å². The Hall–Kier alpha value is -1.63. The van der Waals surface area contributed by atoms with Crippen LogP contribution in [0.5, 0.6) is 0 Å². The molecule has 2 aliphatic heterocycles. The molecule has 152 valence electrons. The van der Waals surface area contributed by atoms with E-state index in [0.29, 0.717) is 17.3 Å². The first kappa shape index (κ1) is 19.7. The Labute approximate surface area is 171 Å². The largest absolute Gasteiger partial charge is 0.395 e. The quantitative estimate of drug-likeness (QED) is 0.848. The van der Waals surface area contributed by atoms with Gasteiger partial charge in [0, 0.05) is 31.9 Å². The first-order valence-electron chi connectivity index (χ1n) is 10.5. The Balaban J connectivity index is 1.69. The lowest BCUT2D eigenvalue weighted by Crippen LogP contribution is -2.36. The second-order valence-corrected chi connectivity index (χ2v) is 8.43. The maximum Gasteiger partial charge on any atom is 0.274 e. The number of hydrogen-bond acceptors (Lipinski definition) is 4. The van der Waals surface area contributed by atoms with Gasteiger partial charge in [-0.2, -0.15) is 0 Å². The van der Waals surface area contributed by atoms with Gasteiger partial charge in [-0.15, -0.1) is 0 Å². The summed E-state index contributed by atoms with van der Waals surface area (Å²) in [5.74, 6) is 0.0245. The number of likely N-dealkylation sites (tertiary alicyclic amines) is 2. The van der Waals surface area contributed by atoms with Gasteiger partial charge in [-0.3, -0.25) is 9.69 Å². The molecule has 7 heteroatoms. The number of carbonyl (C=O) groups excluding carboxylic acids is 1. The zero-order chi connectivity index (χ0) is 19.5. The van der Waals surface area contributed by atoms with Gasteiger partial charge in [0.1, 0.15) is 5.65 Å². The summed E-state index contributed by atoms with van der Waals surface area (Å²) < 4.78 is 1.95. The number of amides is 1. The molecule has 6 nitrogen and oxygen atoms in total. The summed E-state index contributed by atoms with van der Waals surface area (Å²) in [6, 6.07) is 3.82. The maximum atomic E-state index is 13.4. The number of pyridine rings is 1. The number of aliphatic hydroxyl groups excluding tert-OH is 1. The predicted octanol–water partition coefficient (Wildman–Crippen LogP) is 3.35. The molecule has 0 radical (unpaired) electrons. The zero-order valence-electron chi connectivity index (χ0n) is 16.3. The molecule has 4 rings (SSSR count). The summed E-state index contributed by atoms with van der Waals surface area (Å²) in [7, 11) is 0. The topological polar surface area (TPSA) is 61.1 Å². The van der Waals surface area contributed by atoms with E-state index in [1.54, 1.807) is 0 Å². The second-order valence-electron chi connectivity index (χ2n) is 7.99. The molecule has 0 spiro atoms. The summed E-state index contributed by atoms with van der Waals surface area (Å²) in [6.07, 6.45) is 9.64. The van der Waals surface area contributed by atoms with Crippen LogP contribution in [0, 0.1) is 0 Å². The van der Waals surface area contributed by atoms with Crippen molar-refractivity contribution in [2.24, 2.45) is 0 Å². The van der Waals surface area contributed by atoms with Gasteiger partial charge in [-0.25, -0.2) is 4.98 Å². The van der Waals surface area contributed by atoms with Crippen LogP contribution in [0.4, 0.5) is 0 Å². The van der Waals surface area contributed by atoms with Crippen LogP contribution in [-0.4, -0.2) is 62.5 Å². The maximum absolute atomic E-state index is 13.4. The Bertz CT molecular complexity index is 829. The second kappa shape index (κ2) is 8.80. The first-order chi connectivity index (χ1) is 13.7. The minimum atomic E-state index is 0.0245. The number of carbonyl (C=O) groups is 1. The third kappa shape index (κ3) is 4.04. The highest BCUT2D eigenvalue weighted by molar-refractivity contribution is 6.30. The van der Waals surface area contributed by atoms with Crippen molar-refractivity contribution in [1.29, 1.82) is 0 Å². The van der Waals surface area contributed by atoms with Crippen molar-refractivity contribution in [1.82, 2.24) is 19.2 Å².